The van der Waals surface area contributed by atoms with Gasteiger partial charge in [-0.2, -0.15) is 0 Å². The lowest BCUT2D eigenvalue weighted by Gasteiger charge is -2.32. The van der Waals surface area contributed by atoms with E-state index in [0.717, 1.165) is 15.4 Å². The van der Waals surface area contributed by atoms with E-state index in [0.29, 0.717) is 57.3 Å². The molecule has 47 nitrogen and oxygen atoms in total. The summed E-state index contributed by atoms with van der Waals surface area (Å²) in [6, 6.07) is 12.0. The minimum absolute atomic E-state index is 0.0556. The van der Waals surface area contributed by atoms with E-state index in [2.05, 4.69) is 123 Å². The number of likely N-dealkylation sites (tertiary alicyclic amines) is 1. The van der Waals surface area contributed by atoms with Crippen molar-refractivity contribution in [1.82, 2.24) is 105 Å². The van der Waals surface area contributed by atoms with Crippen molar-refractivity contribution in [2.75, 3.05) is 39.3 Å². The minimum Gasteiger partial charge on any atom is -0.508 e. The highest BCUT2D eigenvalue weighted by Gasteiger charge is 2.43. The Balaban J connectivity index is 0.897. The summed E-state index contributed by atoms with van der Waals surface area (Å²) in [6.07, 6.45) is 0.419. The van der Waals surface area contributed by atoms with Crippen LogP contribution in [0.3, 0.4) is 0 Å². The molecule has 0 unspecified atom stereocenters. The number of nitrogens with two attached hydrogens (primary N) is 3. The zero-order chi connectivity index (χ0) is 106. The number of benzene rings is 5. The maximum atomic E-state index is 15.2. The lowest BCUT2D eigenvalue weighted by molar-refractivity contribution is -0.144. The Morgan fingerprint density at radius 3 is 1.47 bits per heavy atom. The predicted octanol–water partition coefficient (Wildman–Crippen LogP) is -3.76. The Hall–Kier alpha value is -15.7. The number of aromatic amines is 2. The topological polar surface area (TPSA) is 741 Å². The number of carbonyl (C=O) groups is 20. The first kappa shape index (κ1) is 114. The number of rotatable bonds is 56. The lowest BCUT2D eigenvalue weighted by atomic mass is 9.96. The first-order valence-electron chi connectivity index (χ1n) is 46.5. The number of hydrogen-bond acceptors (Lipinski definition) is 25. The molecule has 5 aromatic carbocycles. The highest BCUT2D eigenvalue weighted by molar-refractivity contribution is 14.1. The fraction of sp³-hybridized carbons (Fsp3) is 0.427. The zero-order valence-corrected chi connectivity index (χ0v) is 82.2. The Labute approximate surface area is 841 Å². The molecule has 14 atom stereocenters. The summed E-state index contributed by atoms with van der Waals surface area (Å²) < 4.78 is 0.957. The van der Waals surface area contributed by atoms with Crippen LogP contribution in [0.4, 0.5) is 0 Å². The molecule has 0 bridgehead atoms. The molecule has 0 saturated carbocycles. The van der Waals surface area contributed by atoms with Crippen molar-refractivity contribution >= 4 is 152 Å². The zero-order valence-electron chi connectivity index (χ0n) is 80.0. The molecular weight excluding hydrogens is 1980 g/mol. The molecule has 2 aromatic heterocycles. The van der Waals surface area contributed by atoms with Crippen molar-refractivity contribution in [3.05, 3.63) is 177 Å². The van der Waals surface area contributed by atoms with Crippen LogP contribution >= 0.6 is 22.6 Å². The number of phenolic OH excluding ortho intramolecular Hbond substituents is 3. The van der Waals surface area contributed by atoms with Gasteiger partial charge in [0.15, 0.2) is 0 Å². The maximum absolute atomic E-state index is 15.2. The number of primary amides is 3. The number of H-pyrrole nitrogens is 2. The van der Waals surface area contributed by atoms with Crippen LogP contribution in [0.5, 0.6) is 17.2 Å². The Morgan fingerprint density at radius 1 is 0.465 bits per heavy atom. The summed E-state index contributed by atoms with van der Waals surface area (Å²) in [5.74, 6) is -20.5. The van der Waals surface area contributed by atoms with Crippen LogP contribution in [-0.4, -0.2) is 276 Å². The SMILES string of the molecule is CC[C@H](C)[C@H](NC(=O)[C@@H](NC(=O)[C@H](CC(N)=O)NC(=O)[C@H](CCC(N)=O)NC(=O)[C@@H]1CCCN1C(=O)[C@@H](NC(=O)[C@H](Cc1ccc(O)cc1)NC(=O)CNC(=O)[C@H](Cc1ccc(O)cc1)NC(=O)[C@H](Cc1c[nH]c2ccccc12)NC(=O)[C@H](Cc1cnc[nH]1)NC(=O)[C@H](Cc1ccc(O)cc1)NC(C)=O)[C@@H](C)O)C(C)C)C(=O)NCC(=O)NCC(=O)NCC(=O)N[C@@H](CCCCNC(=O)c1ccc([124I])cc1)C(N)=O. The number of halogens is 1. The highest BCUT2D eigenvalue weighted by Crippen LogP contribution is 2.25. The maximum Gasteiger partial charge on any atom is 0.251 e. The largest absolute Gasteiger partial charge is 0.508 e. The smallest absolute Gasteiger partial charge is 0.251 e. The second kappa shape index (κ2) is 56.1. The average Bonchev–Trinajstić information content (AvgIpc) is 1.45. The van der Waals surface area contributed by atoms with Gasteiger partial charge in [0.1, 0.15) is 89.8 Å². The lowest BCUT2D eigenvalue weighted by Crippen LogP contribution is -2.62. The predicted molar refractivity (Wildman–Crippen MR) is 526 cm³/mol. The van der Waals surface area contributed by atoms with Gasteiger partial charge in [0.2, 0.25) is 112 Å². The van der Waals surface area contributed by atoms with Gasteiger partial charge in [-0.1, -0.05) is 88.7 Å². The van der Waals surface area contributed by atoms with Crippen LogP contribution in [0.25, 0.3) is 10.9 Å². The molecule has 1 aliphatic rings. The molecule has 1 aliphatic heterocycles. The molecule has 7 aromatic rings. The monoisotopic (exact) mass is 2110 g/mol. The van der Waals surface area contributed by atoms with E-state index in [9.17, 15) is 112 Å². The van der Waals surface area contributed by atoms with E-state index in [1.54, 1.807) is 80.7 Å². The molecule has 1 saturated heterocycles. The van der Waals surface area contributed by atoms with Crippen molar-refractivity contribution in [1.29, 1.82) is 0 Å². The van der Waals surface area contributed by atoms with Gasteiger partial charge in [-0.25, -0.2) is 4.98 Å². The first-order chi connectivity index (χ1) is 68.4. The second-order valence-electron chi connectivity index (χ2n) is 35.1. The van der Waals surface area contributed by atoms with Crippen LogP contribution in [0, 0.1) is 15.4 Å². The summed E-state index contributed by atoms with van der Waals surface area (Å²) >= 11 is 2.12. The van der Waals surface area contributed by atoms with Crippen molar-refractivity contribution in [2.45, 2.75) is 210 Å². The molecule has 3 heterocycles. The number of amides is 20. The van der Waals surface area contributed by atoms with Gasteiger partial charge in [-0.05, 0) is 169 Å². The quantitative estimate of drug-likeness (QED) is 0.0129. The van der Waals surface area contributed by atoms with Crippen LogP contribution < -0.4 is 102 Å². The van der Waals surface area contributed by atoms with Crippen LogP contribution in [-0.2, 0) is 123 Å². The van der Waals surface area contributed by atoms with Crippen molar-refractivity contribution in [2.24, 2.45) is 29.0 Å². The van der Waals surface area contributed by atoms with Gasteiger partial charge in [0.25, 0.3) is 5.91 Å². The number of hydrogen-bond donors (Lipinski definition) is 25. The van der Waals surface area contributed by atoms with E-state index < -0.39 is 255 Å². The summed E-state index contributed by atoms with van der Waals surface area (Å²) in [5.41, 5.74) is 19.8. The third-order valence-corrected chi connectivity index (χ3v) is 24.2. The first-order valence-corrected chi connectivity index (χ1v) is 47.6. The molecule has 0 aliphatic carbocycles. The number of aliphatic hydroxyl groups excluding tert-OH is 1. The Bertz CT molecular complexity index is 5690. The number of nitrogens with one attached hydrogen (secondary N) is 18. The molecular formula is C96H124IN23O24. The van der Waals surface area contributed by atoms with Crippen LogP contribution in [0.15, 0.2) is 140 Å². The normalized spacial score (nSPS) is 14.8. The van der Waals surface area contributed by atoms with Crippen molar-refractivity contribution in [3.63, 3.8) is 0 Å². The average molecular weight is 2110 g/mol. The number of imidazole rings is 1. The van der Waals surface area contributed by atoms with E-state index in [4.69, 9.17) is 17.2 Å². The molecule has 1 fully saturated rings. The van der Waals surface area contributed by atoms with Gasteiger partial charge in [0.05, 0.1) is 45.0 Å². The number of unbranched alkanes of at least 4 members (excludes halogenated alkanes) is 1. The van der Waals surface area contributed by atoms with E-state index in [1.165, 1.54) is 94.0 Å². The summed E-state index contributed by atoms with van der Waals surface area (Å²) in [6.45, 7) is 5.72. The number of aliphatic hydroxyl groups is 1. The number of para-hydroxylation sites is 1. The molecule has 0 radical (unpaired) electrons. The molecule has 48 heteroatoms. The van der Waals surface area contributed by atoms with E-state index >= 15 is 4.79 Å². The van der Waals surface area contributed by atoms with Gasteiger partial charge in [-0.3, -0.25) is 95.9 Å². The van der Waals surface area contributed by atoms with E-state index in [-0.39, 0.29) is 87.6 Å². The fourth-order valence-electron chi connectivity index (χ4n) is 15.4. The van der Waals surface area contributed by atoms with Crippen molar-refractivity contribution in [3.8, 4) is 17.2 Å². The number of nitrogens with zero attached hydrogens (tertiary/aromatic N) is 2. The molecule has 774 valence electrons. The third kappa shape index (κ3) is 36.8. The standard InChI is InChI=1S/C96H124IN23O24/c1-7-51(4)82(94(142)107-46-78(129)104-45-77(128)105-47-79(130)110-66(84(100)132)15-10-11-35-102-85(133)57-23-25-59(97)26-24-57)118-95(143)81(50(2)3)117-92(140)73(42-76(99)127)116-87(135)67(33-34-75(98)126)112-93(141)74-16-12-36-120(74)96(144)83(52(5)121)119-91(139)70(39-56-21-31-63(125)32-22-56)111-80(131)48-106-86(134)68(37-54-17-27-61(123)28-18-54)113-89(137)71(40-58-43-103-65-14-9-8-13-64(58)65)114-90(138)72(41-60-44-101-49-108-60)115-88(136)69(109-53(6)122)38-55-19-29-62(124)30-20-55/h8-9,13-14,17-32,43-44,49-52,66-74,81-83,103,121,123-125H,7,10-12,15-16,33-42,45-48H2,1-6H3,(H2,98,126)(H2,99,127)(H2,100,132)(H,101,108)(H,102,133)(H,104,129)(H,105,128)(H,106,134)(H,107,142)(H,109,122)(H,110,130)(H,111,131)(H,112,141)(H,113,137)(H,114,138)(H,115,136)(H,116,135)(H,117,140)(H,118,143)(H,119,139)/t51-,52+,66-,67-,68-,69-,70-,71-,72-,73-,74-,81-,82-,83-/m0/s1/i97-3. The van der Waals surface area contributed by atoms with Gasteiger partial charge < -0.3 is 138 Å². The Kier molecular flexibility index (Phi) is 44.3. The highest BCUT2D eigenvalue weighted by atomic mass is 124. The molecule has 8 rings (SSSR count). The number of aromatic hydroxyl groups is 3. The number of aromatic nitrogens is 3. The van der Waals surface area contributed by atoms with Crippen LogP contribution in [0.1, 0.15) is 138 Å². The number of phenols is 3. The van der Waals surface area contributed by atoms with Crippen LogP contribution in [0.2, 0.25) is 0 Å². The minimum atomic E-state index is -1.92. The van der Waals surface area contributed by atoms with Gasteiger partial charge >= 0.3 is 0 Å². The molecule has 144 heavy (non-hydrogen) atoms. The summed E-state index contributed by atoms with van der Waals surface area (Å²) in [4.78, 5) is 286. The van der Waals surface area contributed by atoms with E-state index in [1.807, 2.05) is 0 Å². The second-order valence-corrected chi connectivity index (χ2v) is 36.3. The number of fused-ring (bicyclic) bond motifs is 1. The summed E-state index contributed by atoms with van der Waals surface area (Å²) in [7, 11) is 0. The Morgan fingerprint density at radius 2 is 0.944 bits per heavy atom. The van der Waals surface area contributed by atoms with Gasteiger partial charge in [-0.15, -0.1) is 0 Å². The van der Waals surface area contributed by atoms with Crippen molar-refractivity contribution < 1.29 is 116 Å². The molecule has 28 N–H and O–H groups in total. The fourth-order valence-corrected chi connectivity index (χ4v) is 15.8. The third-order valence-electron chi connectivity index (χ3n) is 23.5. The summed E-state index contributed by atoms with van der Waals surface area (Å²) in [5, 5.41) is 82.7. The number of carbonyl (C=O) groups excluding carboxylic acids is 20. The molecule has 0 spiro atoms. The van der Waals surface area contributed by atoms with Gasteiger partial charge in [0, 0.05) is 96.7 Å². The molecule has 20 amide bonds.